The van der Waals surface area contributed by atoms with Gasteiger partial charge in [-0.05, 0) is 36.2 Å². The molecule has 92 valence electrons. The number of nitrogens with zero attached hydrogens (tertiary/aromatic N) is 2. The zero-order valence-corrected chi connectivity index (χ0v) is 10.5. The van der Waals surface area contributed by atoms with Gasteiger partial charge in [0.05, 0.1) is 5.69 Å². The van der Waals surface area contributed by atoms with Crippen molar-refractivity contribution < 1.29 is 4.39 Å². The summed E-state index contributed by atoms with van der Waals surface area (Å²) in [6.07, 6.45) is 1.73. The lowest BCUT2D eigenvalue weighted by Crippen LogP contribution is -2.02. The van der Waals surface area contributed by atoms with Gasteiger partial charge >= 0.3 is 0 Å². The Morgan fingerprint density at radius 1 is 1.28 bits per heavy atom. The van der Waals surface area contributed by atoms with E-state index in [0.29, 0.717) is 5.69 Å². The second-order valence-electron chi connectivity index (χ2n) is 3.69. The summed E-state index contributed by atoms with van der Waals surface area (Å²) < 4.78 is 13.8. The molecule has 1 heterocycles. The van der Waals surface area contributed by atoms with Gasteiger partial charge in [-0.25, -0.2) is 9.37 Å². The van der Waals surface area contributed by atoms with Gasteiger partial charge < -0.3 is 5.32 Å². The largest absolute Gasteiger partial charge is 0.338 e. The average molecular weight is 264 g/mol. The third-order valence-corrected chi connectivity index (χ3v) is 2.57. The fraction of sp³-hybridized carbons (Fsp3) is 0.0769. The molecule has 0 fully saturated rings. The van der Waals surface area contributed by atoms with Crippen molar-refractivity contribution in [2.45, 2.75) is 6.92 Å². The third kappa shape index (κ3) is 2.65. The maximum Gasteiger partial charge on any atom is 0.224 e. The summed E-state index contributed by atoms with van der Waals surface area (Å²) in [7, 11) is 0. The van der Waals surface area contributed by atoms with Crippen LogP contribution in [0.1, 0.15) is 11.3 Å². The van der Waals surface area contributed by atoms with Crippen LogP contribution in [0.5, 0.6) is 0 Å². The minimum absolute atomic E-state index is 0.0131. The van der Waals surface area contributed by atoms with E-state index in [9.17, 15) is 4.39 Å². The molecule has 2 aromatic rings. The van der Waals surface area contributed by atoms with E-state index in [2.05, 4.69) is 21.9 Å². The molecule has 1 aromatic carbocycles. The Bertz CT molecular complexity index is 582. The molecule has 0 saturated heterocycles. The monoisotopic (exact) mass is 263 g/mol. The third-order valence-electron chi connectivity index (χ3n) is 2.40. The highest BCUT2D eigenvalue weighted by molar-refractivity contribution is 6.28. The lowest BCUT2D eigenvalue weighted by Gasteiger charge is -2.08. The summed E-state index contributed by atoms with van der Waals surface area (Å²) in [4.78, 5) is 7.55. The Balaban J connectivity index is 2.30. The molecule has 2 rings (SSSR count). The molecule has 0 aliphatic carbocycles. The molecule has 1 aromatic heterocycles. The van der Waals surface area contributed by atoms with E-state index in [1.165, 1.54) is 6.92 Å². The van der Waals surface area contributed by atoms with Crippen molar-refractivity contribution in [2.24, 2.45) is 0 Å². The molecule has 0 bridgehead atoms. The summed E-state index contributed by atoms with van der Waals surface area (Å²) in [5.41, 5.74) is 1.91. The van der Waals surface area contributed by atoms with Crippen molar-refractivity contribution in [3.8, 4) is 0 Å². The minimum Gasteiger partial charge on any atom is -0.338 e. The van der Waals surface area contributed by atoms with E-state index in [4.69, 9.17) is 11.6 Å². The van der Waals surface area contributed by atoms with Gasteiger partial charge in [-0.1, -0.05) is 24.8 Å². The van der Waals surface area contributed by atoms with Crippen molar-refractivity contribution in [1.29, 1.82) is 0 Å². The van der Waals surface area contributed by atoms with E-state index in [0.717, 1.165) is 5.56 Å². The normalized spacial score (nSPS) is 10.2. The van der Waals surface area contributed by atoms with Crippen LogP contribution in [0.25, 0.3) is 6.08 Å². The van der Waals surface area contributed by atoms with Gasteiger partial charge in [0.1, 0.15) is 0 Å². The molecule has 0 amide bonds. The Hall–Kier alpha value is -1.94. The van der Waals surface area contributed by atoms with Crippen molar-refractivity contribution >= 4 is 29.2 Å². The summed E-state index contributed by atoms with van der Waals surface area (Å²) in [5, 5.41) is 2.87. The predicted molar refractivity (Wildman–Crippen MR) is 71.6 cm³/mol. The molecule has 0 radical (unpaired) electrons. The van der Waals surface area contributed by atoms with Gasteiger partial charge in [0.15, 0.2) is 11.6 Å². The molecule has 0 atom stereocenters. The van der Waals surface area contributed by atoms with E-state index in [1.54, 1.807) is 6.08 Å². The van der Waals surface area contributed by atoms with Crippen LogP contribution in [-0.4, -0.2) is 9.97 Å². The fourth-order valence-electron chi connectivity index (χ4n) is 1.45. The molecule has 1 N–H and O–H groups in total. The number of aryl methyl sites for hydroxylation is 1. The minimum atomic E-state index is -0.507. The van der Waals surface area contributed by atoms with Crippen LogP contribution in [0.2, 0.25) is 5.28 Å². The zero-order chi connectivity index (χ0) is 13.1. The maximum atomic E-state index is 13.8. The highest BCUT2D eigenvalue weighted by Crippen LogP contribution is 2.21. The second-order valence-corrected chi connectivity index (χ2v) is 4.03. The molecule has 0 saturated carbocycles. The molecule has 0 aliphatic rings. The Labute approximate surface area is 109 Å². The van der Waals surface area contributed by atoms with Crippen LogP contribution in [0.15, 0.2) is 30.8 Å². The van der Waals surface area contributed by atoms with Gasteiger partial charge in [0, 0.05) is 5.69 Å². The molecule has 3 nitrogen and oxygen atoms in total. The van der Waals surface area contributed by atoms with Crippen LogP contribution < -0.4 is 5.32 Å². The van der Waals surface area contributed by atoms with Crippen molar-refractivity contribution in [3.63, 3.8) is 0 Å². The number of aromatic nitrogens is 2. The highest BCUT2D eigenvalue weighted by atomic mass is 35.5. The zero-order valence-electron chi connectivity index (χ0n) is 9.74. The SMILES string of the molecule is C=Cc1ccc(Nc2nc(Cl)nc(C)c2F)cc1. The fourth-order valence-corrected chi connectivity index (χ4v) is 1.66. The van der Waals surface area contributed by atoms with E-state index in [1.807, 2.05) is 24.3 Å². The number of benzene rings is 1. The number of hydrogen-bond acceptors (Lipinski definition) is 3. The van der Waals surface area contributed by atoms with Gasteiger partial charge in [-0.15, -0.1) is 0 Å². The Kier molecular flexibility index (Phi) is 3.58. The summed E-state index contributed by atoms with van der Waals surface area (Å²) in [5.74, 6) is -0.439. The van der Waals surface area contributed by atoms with Gasteiger partial charge in [0.25, 0.3) is 0 Å². The molecular weight excluding hydrogens is 253 g/mol. The Morgan fingerprint density at radius 2 is 1.94 bits per heavy atom. The number of hydrogen-bond donors (Lipinski definition) is 1. The van der Waals surface area contributed by atoms with Gasteiger partial charge in [-0.2, -0.15) is 4.98 Å². The second kappa shape index (κ2) is 5.14. The quantitative estimate of drug-likeness (QED) is 0.852. The number of halogens is 2. The van der Waals surface area contributed by atoms with Crippen molar-refractivity contribution in [3.05, 3.63) is 53.2 Å². The van der Waals surface area contributed by atoms with E-state index in [-0.39, 0.29) is 16.8 Å². The van der Waals surface area contributed by atoms with Crippen LogP contribution in [0, 0.1) is 12.7 Å². The van der Waals surface area contributed by atoms with Crippen molar-refractivity contribution in [1.82, 2.24) is 9.97 Å². The first kappa shape index (κ1) is 12.5. The number of anilines is 2. The topological polar surface area (TPSA) is 37.8 Å². The maximum absolute atomic E-state index is 13.8. The lowest BCUT2D eigenvalue weighted by molar-refractivity contribution is 0.607. The van der Waals surface area contributed by atoms with Crippen LogP contribution >= 0.6 is 11.6 Å². The molecule has 0 spiro atoms. The van der Waals surface area contributed by atoms with Gasteiger partial charge in [0.2, 0.25) is 5.28 Å². The van der Waals surface area contributed by atoms with E-state index >= 15 is 0 Å². The lowest BCUT2D eigenvalue weighted by atomic mass is 10.2. The van der Waals surface area contributed by atoms with Crippen LogP contribution in [0.4, 0.5) is 15.9 Å². The molecule has 18 heavy (non-hydrogen) atoms. The van der Waals surface area contributed by atoms with Crippen molar-refractivity contribution in [2.75, 3.05) is 5.32 Å². The first-order valence-corrected chi connectivity index (χ1v) is 5.67. The molecule has 0 aliphatic heterocycles. The van der Waals surface area contributed by atoms with Crippen LogP contribution in [-0.2, 0) is 0 Å². The number of rotatable bonds is 3. The molecule has 5 heteroatoms. The Morgan fingerprint density at radius 3 is 2.56 bits per heavy atom. The van der Waals surface area contributed by atoms with E-state index < -0.39 is 5.82 Å². The summed E-state index contributed by atoms with van der Waals surface area (Å²) in [6, 6.07) is 7.34. The van der Waals surface area contributed by atoms with Gasteiger partial charge in [-0.3, -0.25) is 0 Å². The summed E-state index contributed by atoms with van der Waals surface area (Å²) in [6.45, 7) is 5.20. The standard InChI is InChI=1S/C13H11ClFN3/c1-3-9-4-6-10(7-5-9)17-12-11(15)8(2)16-13(14)18-12/h3-7H,1H2,2H3,(H,16,17,18). The highest BCUT2D eigenvalue weighted by Gasteiger charge is 2.10. The predicted octanol–water partition coefficient (Wildman–Crippen LogP) is 3.96. The summed E-state index contributed by atoms with van der Waals surface area (Å²) >= 11 is 5.69. The molecule has 0 unspecified atom stereocenters. The smallest absolute Gasteiger partial charge is 0.224 e. The average Bonchev–Trinajstić information content (AvgIpc) is 2.36. The first-order valence-electron chi connectivity index (χ1n) is 5.29. The first-order chi connectivity index (χ1) is 8.60. The van der Waals surface area contributed by atoms with Crippen LogP contribution in [0.3, 0.4) is 0 Å². The number of nitrogens with one attached hydrogen (secondary N) is 1. The molecular formula is C13H11ClFN3.